The predicted octanol–water partition coefficient (Wildman–Crippen LogP) is 1.11. The van der Waals surface area contributed by atoms with Gasteiger partial charge >= 0.3 is 5.97 Å². The Morgan fingerprint density at radius 1 is 1.28 bits per heavy atom. The van der Waals surface area contributed by atoms with Crippen molar-refractivity contribution in [3.8, 4) is 5.75 Å². The molecule has 2 aliphatic heterocycles. The van der Waals surface area contributed by atoms with Crippen LogP contribution in [0.5, 0.6) is 5.75 Å². The Labute approximate surface area is 168 Å². The normalized spacial score (nSPS) is 20.9. The minimum atomic E-state index is -3.19. The van der Waals surface area contributed by atoms with Gasteiger partial charge in [0, 0.05) is 24.0 Å². The lowest BCUT2D eigenvalue weighted by Crippen LogP contribution is -2.42. The molecular formula is C19H22N2O7S. The molecule has 0 unspecified atom stereocenters. The summed E-state index contributed by atoms with van der Waals surface area (Å²) in [6.45, 7) is 1.30. The first-order chi connectivity index (χ1) is 13.7. The quantitative estimate of drug-likeness (QED) is 0.497. The Balaban J connectivity index is 1.72. The summed E-state index contributed by atoms with van der Waals surface area (Å²) in [6.07, 6.45) is 0.487. The van der Waals surface area contributed by atoms with E-state index in [-0.39, 0.29) is 48.4 Å². The van der Waals surface area contributed by atoms with Crippen LogP contribution in [0, 0.1) is 0 Å². The largest absolute Gasteiger partial charge is 0.496 e. The maximum atomic E-state index is 12.5. The van der Waals surface area contributed by atoms with Crippen LogP contribution in [-0.2, 0) is 30.8 Å². The molecular weight excluding hydrogens is 400 g/mol. The van der Waals surface area contributed by atoms with Gasteiger partial charge in [-0.05, 0) is 31.5 Å². The summed E-state index contributed by atoms with van der Waals surface area (Å²) in [5.41, 5.74) is 1.06. The Bertz CT molecular complexity index is 984. The molecule has 1 aromatic carbocycles. The molecule has 1 saturated heterocycles. The zero-order chi connectivity index (χ0) is 21.2. The van der Waals surface area contributed by atoms with E-state index in [4.69, 9.17) is 9.47 Å². The first-order valence-electron chi connectivity index (χ1n) is 9.15. The zero-order valence-electron chi connectivity index (χ0n) is 16.2. The summed E-state index contributed by atoms with van der Waals surface area (Å²) in [5.74, 6) is -0.806. The van der Waals surface area contributed by atoms with Gasteiger partial charge in [0.25, 0.3) is 0 Å². The van der Waals surface area contributed by atoms with Crippen molar-refractivity contribution in [3.63, 3.8) is 0 Å². The smallest absolute Gasteiger partial charge is 0.354 e. The van der Waals surface area contributed by atoms with Crippen LogP contribution >= 0.6 is 0 Å². The number of ether oxygens (including phenoxy) is 2. The minimum absolute atomic E-state index is 0.00301. The van der Waals surface area contributed by atoms with Gasteiger partial charge in [-0.25, -0.2) is 18.2 Å². The first kappa shape index (κ1) is 21.0. The van der Waals surface area contributed by atoms with Crippen molar-refractivity contribution < 1.29 is 32.3 Å². The van der Waals surface area contributed by atoms with Crippen molar-refractivity contribution in [2.75, 3.05) is 18.6 Å². The van der Waals surface area contributed by atoms with E-state index in [1.165, 1.54) is 14.0 Å². The number of methoxy groups -OCH3 is 1. The third-order valence-electron chi connectivity index (χ3n) is 4.90. The standard InChI is InChI=1S/C19H22N2O7S/c1-12(22)13-3-5-17(27-2)14(9-13)10-28-19(24)16-4-6-18(23)21(20-16)15-7-8-29(25,26)11-15/h3,5,9,15H,4,6-8,10-11H2,1-2H3/t15-/m1/s1. The summed E-state index contributed by atoms with van der Waals surface area (Å²) in [7, 11) is -1.72. The number of benzene rings is 1. The molecule has 2 heterocycles. The highest BCUT2D eigenvalue weighted by molar-refractivity contribution is 7.91. The molecule has 0 saturated carbocycles. The van der Waals surface area contributed by atoms with Crippen molar-refractivity contribution in [1.29, 1.82) is 0 Å². The number of rotatable bonds is 6. The van der Waals surface area contributed by atoms with E-state index in [0.29, 0.717) is 23.3 Å². The van der Waals surface area contributed by atoms with Crippen LogP contribution in [0.25, 0.3) is 0 Å². The molecule has 1 amide bonds. The number of esters is 1. The number of carbonyl (C=O) groups excluding carboxylic acids is 3. The van der Waals surface area contributed by atoms with Crippen LogP contribution in [0.15, 0.2) is 23.3 Å². The topological polar surface area (TPSA) is 119 Å². The second-order valence-corrected chi connectivity index (χ2v) is 9.23. The highest BCUT2D eigenvalue weighted by Crippen LogP contribution is 2.24. The van der Waals surface area contributed by atoms with E-state index in [0.717, 1.165) is 5.01 Å². The number of nitrogens with zero attached hydrogens (tertiary/aromatic N) is 2. The molecule has 156 valence electrons. The maximum absolute atomic E-state index is 12.5. The summed E-state index contributed by atoms with van der Waals surface area (Å²) < 4.78 is 33.9. The molecule has 0 N–H and O–H groups in total. The van der Waals surface area contributed by atoms with E-state index < -0.39 is 21.8 Å². The molecule has 1 atom stereocenters. The number of hydrogen-bond donors (Lipinski definition) is 0. The fourth-order valence-electron chi connectivity index (χ4n) is 3.31. The monoisotopic (exact) mass is 422 g/mol. The number of carbonyl (C=O) groups is 3. The molecule has 0 spiro atoms. The lowest BCUT2D eigenvalue weighted by Gasteiger charge is -2.27. The van der Waals surface area contributed by atoms with Crippen molar-refractivity contribution in [1.82, 2.24) is 5.01 Å². The Morgan fingerprint density at radius 2 is 2.03 bits per heavy atom. The van der Waals surface area contributed by atoms with Crippen molar-refractivity contribution in [3.05, 3.63) is 29.3 Å². The third kappa shape index (κ3) is 4.81. The minimum Gasteiger partial charge on any atom is -0.496 e. The van der Waals surface area contributed by atoms with Crippen LogP contribution < -0.4 is 4.74 Å². The number of sulfone groups is 1. The van der Waals surface area contributed by atoms with Crippen LogP contribution in [0.4, 0.5) is 0 Å². The molecule has 0 aliphatic carbocycles. The van der Waals surface area contributed by atoms with Crippen molar-refractivity contribution >= 4 is 33.2 Å². The van der Waals surface area contributed by atoms with Gasteiger partial charge in [-0.2, -0.15) is 5.10 Å². The molecule has 0 aromatic heterocycles. The molecule has 1 fully saturated rings. The van der Waals surface area contributed by atoms with Gasteiger partial charge < -0.3 is 9.47 Å². The van der Waals surface area contributed by atoms with Crippen molar-refractivity contribution in [2.24, 2.45) is 5.10 Å². The van der Waals surface area contributed by atoms with Crippen molar-refractivity contribution in [2.45, 2.75) is 38.8 Å². The highest BCUT2D eigenvalue weighted by Gasteiger charge is 2.37. The molecule has 10 heteroatoms. The third-order valence-corrected chi connectivity index (χ3v) is 6.65. The fourth-order valence-corrected chi connectivity index (χ4v) is 5.00. The summed E-state index contributed by atoms with van der Waals surface area (Å²) in [4.78, 5) is 36.2. The van der Waals surface area contributed by atoms with E-state index in [2.05, 4.69) is 5.10 Å². The number of Topliss-reactive ketones (excluding diaryl/α,β-unsaturated/α-hetero) is 1. The molecule has 1 aromatic rings. The molecule has 29 heavy (non-hydrogen) atoms. The fraction of sp³-hybridized carbons (Fsp3) is 0.474. The zero-order valence-corrected chi connectivity index (χ0v) is 17.0. The molecule has 3 rings (SSSR count). The van der Waals surface area contributed by atoms with Gasteiger partial charge in [0.15, 0.2) is 15.6 Å². The average Bonchev–Trinajstić information content (AvgIpc) is 3.05. The second kappa shape index (κ2) is 8.32. The second-order valence-electron chi connectivity index (χ2n) is 7.00. The predicted molar refractivity (Wildman–Crippen MR) is 103 cm³/mol. The number of amides is 1. The first-order valence-corrected chi connectivity index (χ1v) is 11.0. The lowest BCUT2D eigenvalue weighted by atomic mass is 10.1. The van der Waals surface area contributed by atoms with Crippen LogP contribution in [0.2, 0.25) is 0 Å². The summed E-state index contributed by atoms with van der Waals surface area (Å²) in [6, 6.07) is 4.29. The molecule has 2 aliphatic rings. The number of hydrazone groups is 1. The molecule has 0 radical (unpaired) electrons. The average molecular weight is 422 g/mol. The van der Waals surface area contributed by atoms with Crippen LogP contribution in [-0.4, -0.2) is 61.5 Å². The highest BCUT2D eigenvalue weighted by atomic mass is 32.2. The Morgan fingerprint density at radius 3 is 2.66 bits per heavy atom. The van der Waals surface area contributed by atoms with Gasteiger partial charge in [-0.1, -0.05) is 0 Å². The van der Waals surface area contributed by atoms with E-state index >= 15 is 0 Å². The SMILES string of the molecule is COc1ccc(C(C)=O)cc1COC(=O)C1=NN([C@@H]2CCS(=O)(=O)C2)C(=O)CC1. The van der Waals surface area contributed by atoms with Crippen LogP contribution in [0.1, 0.15) is 42.1 Å². The summed E-state index contributed by atoms with van der Waals surface area (Å²) in [5, 5.41) is 5.20. The number of ketones is 1. The van der Waals surface area contributed by atoms with Crippen LogP contribution in [0.3, 0.4) is 0 Å². The number of hydrogen-bond acceptors (Lipinski definition) is 8. The Kier molecular flexibility index (Phi) is 6.02. The summed E-state index contributed by atoms with van der Waals surface area (Å²) >= 11 is 0. The maximum Gasteiger partial charge on any atom is 0.354 e. The lowest BCUT2D eigenvalue weighted by molar-refractivity contribution is -0.138. The van der Waals surface area contributed by atoms with E-state index in [1.807, 2.05) is 0 Å². The Hall–Kier alpha value is -2.75. The van der Waals surface area contributed by atoms with E-state index in [9.17, 15) is 22.8 Å². The van der Waals surface area contributed by atoms with E-state index in [1.54, 1.807) is 18.2 Å². The molecule has 0 bridgehead atoms. The van der Waals surface area contributed by atoms with Gasteiger partial charge in [0.05, 0.1) is 24.7 Å². The van der Waals surface area contributed by atoms with Gasteiger partial charge in [-0.3, -0.25) is 9.59 Å². The van der Waals surface area contributed by atoms with Gasteiger partial charge in [-0.15, -0.1) is 0 Å². The van der Waals surface area contributed by atoms with Gasteiger partial charge in [0.2, 0.25) is 5.91 Å². The molecule has 9 nitrogen and oxygen atoms in total. The van der Waals surface area contributed by atoms with Gasteiger partial charge in [0.1, 0.15) is 18.1 Å².